The summed E-state index contributed by atoms with van der Waals surface area (Å²) in [5, 5.41) is 1.26. The van der Waals surface area contributed by atoms with Gasteiger partial charge in [-0.05, 0) is 42.8 Å². The van der Waals surface area contributed by atoms with Gasteiger partial charge in [-0.2, -0.15) is 0 Å². The minimum absolute atomic E-state index is 0.131. The van der Waals surface area contributed by atoms with Crippen LogP contribution < -0.4 is 4.90 Å². The van der Waals surface area contributed by atoms with Gasteiger partial charge < -0.3 is 9.88 Å². The molecule has 3 heterocycles. The normalized spacial score (nSPS) is 16.1. The highest BCUT2D eigenvalue weighted by Gasteiger charge is 2.30. The number of rotatable bonds is 4. The summed E-state index contributed by atoms with van der Waals surface area (Å²) in [7, 11) is 0. The first-order valence-corrected chi connectivity index (χ1v) is 10.4. The summed E-state index contributed by atoms with van der Waals surface area (Å²) in [6.45, 7) is 5.47. The molecule has 1 aliphatic rings. The lowest BCUT2D eigenvalue weighted by Gasteiger charge is -2.40. The minimum Gasteiger partial charge on any atom is -0.367 e. The Morgan fingerprint density at radius 3 is 2.37 bits per heavy atom. The first kappa shape index (κ1) is 18.8. The molecule has 0 saturated carbocycles. The Morgan fingerprint density at radius 2 is 1.60 bits per heavy atom. The van der Waals surface area contributed by atoms with Crippen LogP contribution in [0.25, 0.3) is 10.9 Å². The van der Waals surface area contributed by atoms with Gasteiger partial charge in [0, 0.05) is 60.7 Å². The van der Waals surface area contributed by atoms with Crippen LogP contribution in [-0.2, 0) is 0 Å². The number of hydrogen-bond acceptors (Lipinski definition) is 3. The third-order valence-electron chi connectivity index (χ3n) is 6.11. The fourth-order valence-corrected chi connectivity index (χ4v) is 4.69. The molecule has 0 radical (unpaired) electrons. The number of nitrogens with zero attached hydrogens (tertiary/aromatic N) is 3. The van der Waals surface area contributed by atoms with Crippen molar-refractivity contribution in [2.45, 2.75) is 13.0 Å². The van der Waals surface area contributed by atoms with E-state index in [1.54, 1.807) is 6.07 Å². The molecule has 2 aromatic heterocycles. The zero-order valence-corrected chi connectivity index (χ0v) is 17.1. The number of para-hydroxylation sites is 2. The van der Waals surface area contributed by atoms with Crippen LogP contribution in [0.15, 0.2) is 73.1 Å². The fraction of sp³-hybridized carbons (Fsp3) is 0.240. The molecule has 5 rings (SSSR count). The van der Waals surface area contributed by atoms with E-state index in [4.69, 9.17) is 0 Å². The van der Waals surface area contributed by atoms with Crippen LogP contribution in [0, 0.1) is 12.7 Å². The summed E-state index contributed by atoms with van der Waals surface area (Å²) >= 11 is 0. The molecule has 1 saturated heterocycles. The Hall–Kier alpha value is -3.18. The van der Waals surface area contributed by atoms with Gasteiger partial charge in [-0.15, -0.1) is 0 Å². The van der Waals surface area contributed by atoms with Crippen molar-refractivity contribution < 1.29 is 4.39 Å². The van der Waals surface area contributed by atoms with Crippen molar-refractivity contribution in [1.82, 2.24) is 14.9 Å². The van der Waals surface area contributed by atoms with Gasteiger partial charge in [0.1, 0.15) is 5.82 Å². The summed E-state index contributed by atoms with van der Waals surface area (Å²) < 4.78 is 14.3. The van der Waals surface area contributed by atoms with Crippen LogP contribution in [-0.4, -0.2) is 41.0 Å². The van der Waals surface area contributed by atoms with E-state index in [1.165, 1.54) is 28.3 Å². The van der Waals surface area contributed by atoms with Crippen LogP contribution in [0.5, 0.6) is 0 Å². The Bertz CT molecular complexity index is 1150. The van der Waals surface area contributed by atoms with Crippen molar-refractivity contribution in [1.29, 1.82) is 0 Å². The topological polar surface area (TPSA) is 35.2 Å². The highest BCUT2D eigenvalue weighted by atomic mass is 19.1. The maximum absolute atomic E-state index is 14.3. The standard InChI is InChI=1S/C25H25FN4/c1-18-24(20-6-2-4-8-22(20)28-18)25(19-10-12-27-13-11-19)30-16-14-29(15-17-30)23-9-5-3-7-21(23)26/h2-13,25,28H,14-17H2,1H3/t25-/m0/s1. The molecule has 5 heteroatoms. The summed E-state index contributed by atoms with van der Waals surface area (Å²) in [6.07, 6.45) is 3.73. The summed E-state index contributed by atoms with van der Waals surface area (Å²) in [6, 6.07) is 19.9. The molecule has 0 amide bonds. The number of anilines is 1. The van der Waals surface area contributed by atoms with E-state index in [-0.39, 0.29) is 11.9 Å². The fourth-order valence-electron chi connectivity index (χ4n) is 4.69. The lowest BCUT2D eigenvalue weighted by atomic mass is 9.94. The van der Waals surface area contributed by atoms with Gasteiger partial charge in [0.05, 0.1) is 11.7 Å². The van der Waals surface area contributed by atoms with Crippen molar-refractivity contribution in [3.63, 3.8) is 0 Å². The Labute approximate surface area is 176 Å². The number of fused-ring (bicyclic) bond motifs is 1. The Balaban J connectivity index is 1.50. The predicted octanol–water partition coefficient (Wildman–Crippen LogP) is 4.92. The molecule has 2 aromatic carbocycles. The molecule has 4 aromatic rings. The van der Waals surface area contributed by atoms with Crippen LogP contribution in [0.3, 0.4) is 0 Å². The molecule has 152 valence electrons. The maximum atomic E-state index is 14.3. The molecule has 1 atom stereocenters. The van der Waals surface area contributed by atoms with Crippen LogP contribution in [0.2, 0.25) is 0 Å². The van der Waals surface area contributed by atoms with Crippen molar-refractivity contribution >= 4 is 16.6 Å². The number of piperazine rings is 1. The number of H-pyrrole nitrogens is 1. The summed E-state index contributed by atoms with van der Waals surface area (Å²) in [5.41, 5.74) is 5.60. The third-order valence-corrected chi connectivity index (χ3v) is 6.11. The lowest BCUT2D eigenvalue weighted by molar-refractivity contribution is 0.212. The van der Waals surface area contributed by atoms with Gasteiger partial charge >= 0.3 is 0 Å². The van der Waals surface area contributed by atoms with E-state index in [2.05, 4.69) is 63.1 Å². The molecular weight excluding hydrogens is 375 g/mol. The van der Waals surface area contributed by atoms with E-state index in [1.807, 2.05) is 24.5 Å². The lowest BCUT2D eigenvalue weighted by Crippen LogP contribution is -2.48. The largest absolute Gasteiger partial charge is 0.367 e. The Kier molecular flexibility index (Phi) is 4.97. The number of aromatic nitrogens is 2. The second-order valence-corrected chi connectivity index (χ2v) is 7.87. The molecule has 30 heavy (non-hydrogen) atoms. The number of nitrogens with one attached hydrogen (secondary N) is 1. The highest BCUT2D eigenvalue weighted by Crippen LogP contribution is 2.37. The van der Waals surface area contributed by atoms with Gasteiger partial charge in [0.15, 0.2) is 0 Å². The quantitative estimate of drug-likeness (QED) is 0.528. The van der Waals surface area contributed by atoms with Crippen LogP contribution >= 0.6 is 0 Å². The van der Waals surface area contributed by atoms with Gasteiger partial charge in [0.2, 0.25) is 0 Å². The van der Waals surface area contributed by atoms with Gasteiger partial charge in [-0.25, -0.2) is 4.39 Å². The number of hydrogen-bond donors (Lipinski definition) is 1. The minimum atomic E-state index is -0.149. The average molecular weight is 401 g/mol. The van der Waals surface area contributed by atoms with Crippen molar-refractivity contribution in [2.75, 3.05) is 31.1 Å². The van der Waals surface area contributed by atoms with Crippen molar-refractivity contribution in [2.24, 2.45) is 0 Å². The highest BCUT2D eigenvalue weighted by molar-refractivity contribution is 5.85. The van der Waals surface area contributed by atoms with Crippen LogP contribution in [0.1, 0.15) is 22.9 Å². The molecule has 1 fully saturated rings. The summed E-state index contributed by atoms with van der Waals surface area (Å²) in [4.78, 5) is 12.4. The molecule has 0 bridgehead atoms. The number of aryl methyl sites for hydroxylation is 1. The SMILES string of the molecule is Cc1[nH]c2ccccc2c1[C@H](c1ccncc1)N1CCN(c2ccccc2F)CC1. The molecule has 0 spiro atoms. The van der Waals surface area contributed by atoms with E-state index >= 15 is 0 Å². The average Bonchev–Trinajstić information content (AvgIpc) is 3.11. The smallest absolute Gasteiger partial charge is 0.146 e. The second-order valence-electron chi connectivity index (χ2n) is 7.87. The van der Waals surface area contributed by atoms with Crippen molar-refractivity contribution in [3.8, 4) is 0 Å². The van der Waals surface area contributed by atoms with E-state index in [0.29, 0.717) is 5.69 Å². The van der Waals surface area contributed by atoms with E-state index < -0.39 is 0 Å². The van der Waals surface area contributed by atoms with Crippen molar-refractivity contribution in [3.05, 3.63) is 95.7 Å². The summed E-state index contributed by atoms with van der Waals surface area (Å²) in [5.74, 6) is -0.149. The van der Waals surface area contributed by atoms with Gasteiger partial charge in [0.25, 0.3) is 0 Å². The Morgan fingerprint density at radius 1 is 0.900 bits per heavy atom. The molecular formula is C25H25FN4. The monoisotopic (exact) mass is 400 g/mol. The number of pyridine rings is 1. The maximum Gasteiger partial charge on any atom is 0.146 e. The number of benzene rings is 2. The molecule has 0 aliphatic carbocycles. The zero-order valence-electron chi connectivity index (χ0n) is 17.1. The van der Waals surface area contributed by atoms with Crippen LogP contribution in [0.4, 0.5) is 10.1 Å². The molecule has 1 aliphatic heterocycles. The predicted molar refractivity (Wildman–Crippen MR) is 119 cm³/mol. The number of aromatic amines is 1. The van der Waals surface area contributed by atoms with E-state index in [0.717, 1.165) is 31.7 Å². The first-order chi connectivity index (χ1) is 14.7. The number of halogens is 1. The van der Waals surface area contributed by atoms with Gasteiger partial charge in [-0.1, -0.05) is 30.3 Å². The van der Waals surface area contributed by atoms with Gasteiger partial charge in [-0.3, -0.25) is 9.88 Å². The molecule has 1 N–H and O–H groups in total. The molecule has 4 nitrogen and oxygen atoms in total. The van der Waals surface area contributed by atoms with E-state index in [9.17, 15) is 4.39 Å². The third kappa shape index (κ3) is 3.35. The molecule has 0 unspecified atom stereocenters. The second kappa shape index (κ2) is 7.92. The first-order valence-electron chi connectivity index (χ1n) is 10.4. The zero-order chi connectivity index (χ0) is 20.5.